The van der Waals surface area contributed by atoms with E-state index in [1.807, 2.05) is 13.8 Å². The van der Waals surface area contributed by atoms with Gasteiger partial charge in [-0.1, -0.05) is 92.9 Å². The summed E-state index contributed by atoms with van der Waals surface area (Å²) in [6.45, 7) is 13.3. The fourth-order valence-corrected chi connectivity index (χ4v) is 2.19. The third kappa shape index (κ3) is 23.1. The maximum absolute atomic E-state index is 4.00. The van der Waals surface area contributed by atoms with E-state index in [-0.39, 0.29) is 0 Å². The predicted octanol–water partition coefficient (Wildman–Crippen LogP) is 7.23. The largest absolute Gasteiger partial charge is 0.124 e. The zero-order valence-electron chi connectivity index (χ0n) is 14.7. The summed E-state index contributed by atoms with van der Waals surface area (Å²) in [4.78, 5) is 0. The Hall–Kier alpha value is -0.440. The van der Waals surface area contributed by atoms with Gasteiger partial charge in [-0.15, -0.1) is 12.8 Å². The van der Waals surface area contributed by atoms with E-state index < -0.39 is 0 Å². The van der Waals surface area contributed by atoms with Crippen molar-refractivity contribution in [3.05, 3.63) is 0 Å². The summed E-state index contributed by atoms with van der Waals surface area (Å²) in [5.74, 6) is 0. The second kappa shape index (κ2) is 19.9. The van der Waals surface area contributed by atoms with E-state index in [1.165, 1.54) is 64.2 Å². The molecule has 1 aliphatic carbocycles. The third-order valence-corrected chi connectivity index (χ3v) is 3.41. The SMILES string of the molecule is C#C.CC.CC1(C)CCCCCC1.CCCCCC. The Morgan fingerprint density at radius 1 is 0.737 bits per heavy atom. The molecule has 0 saturated heterocycles. The van der Waals surface area contributed by atoms with Crippen LogP contribution in [0.25, 0.3) is 0 Å². The maximum Gasteiger partial charge on any atom is -0.0354 e. The van der Waals surface area contributed by atoms with Crippen LogP contribution < -0.4 is 0 Å². The summed E-state index contributed by atoms with van der Waals surface area (Å²) in [7, 11) is 0. The van der Waals surface area contributed by atoms with E-state index in [9.17, 15) is 0 Å². The molecule has 0 aromatic rings. The molecule has 0 atom stereocenters. The monoisotopic (exact) mass is 268 g/mol. The topological polar surface area (TPSA) is 0 Å². The van der Waals surface area contributed by atoms with Crippen molar-refractivity contribution in [2.45, 2.75) is 106 Å². The van der Waals surface area contributed by atoms with Crippen LogP contribution in [0, 0.1) is 18.3 Å². The van der Waals surface area contributed by atoms with Gasteiger partial charge in [-0.05, 0) is 18.3 Å². The Balaban J connectivity index is -0.000000224. The fraction of sp³-hybridized carbons (Fsp3) is 0.895. The van der Waals surface area contributed by atoms with Gasteiger partial charge in [0.05, 0.1) is 0 Å². The average molecular weight is 269 g/mol. The van der Waals surface area contributed by atoms with Gasteiger partial charge in [-0.25, -0.2) is 0 Å². The van der Waals surface area contributed by atoms with Crippen molar-refractivity contribution >= 4 is 0 Å². The zero-order valence-corrected chi connectivity index (χ0v) is 14.7. The van der Waals surface area contributed by atoms with Crippen LogP contribution in [0.1, 0.15) is 106 Å². The van der Waals surface area contributed by atoms with Gasteiger partial charge >= 0.3 is 0 Å². The number of rotatable bonds is 3. The lowest BCUT2D eigenvalue weighted by molar-refractivity contribution is 0.314. The van der Waals surface area contributed by atoms with E-state index in [0.29, 0.717) is 5.41 Å². The third-order valence-electron chi connectivity index (χ3n) is 3.41. The number of hydrogen-bond acceptors (Lipinski definition) is 0. The molecule has 0 N–H and O–H groups in total. The molecule has 0 aliphatic heterocycles. The molecule has 0 radical (unpaired) electrons. The number of unbranched alkanes of at least 4 members (excludes halogenated alkanes) is 3. The van der Waals surface area contributed by atoms with Crippen LogP contribution >= 0.6 is 0 Å². The summed E-state index contributed by atoms with van der Waals surface area (Å²) in [5.41, 5.74) is 0.663. The van der Waals surface area contributed by atoms with Crippen molar-refractivity contribution in [3.8, 4) is 12.8 Å². The summed E-state index contributed by atoms with van der Waals surface area (Å²) in [6, 6.07) is 0. The van der Waals surface area contributed by atoms with Crippen LogP contribution in [0.4, 0.5) is 0 Å². The van der Waals surface area contributed by atoms with Crippen molar-refractivity contribution in [3.63, 3.8) is 0 Å². The molecule has 0 aromatic carbocycles. The molecule has 0 unspecified atom stereocenters. The molecule has 1 rings (SSSR count). The van der Waals surface area contributed by atoms with Gasteiger partial charge in [0.25, 0.3) is 0 Å². The summed E-state index contributed by atoms with van der Waals surface area (Å²) in [6.07, 6.45) is 22.3. The smallest absolute Gasteiger partial charge is 0.0354 e. The van der Waals surface area contributed by atoms with Crippen LogP contribution in [-0.4, -0.2) is 0 Å². The lowest BCUT2D eigenvalue weighted by Crippen LogP contribution is -2.08. The Labute approximate surface area is 124 Å². The van der Waals surface area contributed by atoms with Crippen LogP contribution in [0.5, 0.6) is 0 Å². The minimum absolute atomic E-state index is 0.663. The van der Waals surface area contributed by atoms with E-state index in [0.717, 1.165) is 0 Å². The van der Waals surface area contributed by atoms with Gasteiger partial charge < -0.3 is 0 Å². The quantitative estimate of drug-likeness (QED) is 0.288. The highest BCUT2D eigenvalue weighted by Gasteiger charge is 2.18. The molecule has 1 aliphatic rings. The van der Waals surface area contributed by atoms with Gasteiger partial charge in [0.2, 0.25) is 0 Å². The molecule has 0 heteroatoms. The molecule has 116 valence electrons. The minimum Gasteiger partial charge on any atom is -0.124 e. The molecular formula is C19H40. The molecule has 1 saturated carbocycles. The molecule has 19 heavy (non-hydrogen) atoms. The molecule has 0 bridgehead atoms. The van der Waals surface area contributed by atoms with Crippen LogP contribution in [0.2, 0.25) is 0 Å². The molecule has 0 amide bonds. The van der Waals surface area contributed by atoms with Crippen molar-refractivity contribution in [1.29, 1.82) is 0 Å². The van der Waals surface area contributed by atoms with Gasteiger partial charge in [0, 0.05) is 0 Å². The lowest BCUT2D eigenvalue weighted by atomic mass is 9.85. The Morgan fingerprint density at radius 3 is 1.32 bits per heavy atom. The zero-order chi connectivity index (χ0) is 15.6. The molecule has 1 fully saturated rings. The normalized spacial score (nSPS) is 16.2. The second-order valence-corrected chi connectivity index (χ2v) is 5.79. The standard InChI is InChI=1S/C9H18.C6H14.C2H6.C2H2/c1-9(2)7-5-3-4-6-8-9;1-3-5-6-4-2;2*1-2/h3-8H2,1-2H3;3-6H2,1-2H3;1-2H3;1-2H. The molecule has 0 heterocycles. The lowest BCUT2D eigenvalue weighted by Gasteiger charge is -2.21. The van der Waals surface area contributed by atoms with E-state index >= 15 is 0 Å². The molecule has 0 nitrogen and oxygen atoms in total. The first-order valence-electron chi connectivity index (χ1n) is 8.45. The van der Waals surface area contributed by atoms with E-state index in [4.69, 9.17) is 0 Å². The predicted molar refractivity (Wildman–Crippen MR) is 92.5 cm³/mol. The highest BCUT2D eigenvalue weighted by atomic mass is 14.2. The molecule has 0 spiro atoms. The first-order chi connectivity index (χ1) is 9.12. The van der Waals surface area contributed by atoms with E-state index in [2.05, 4.69) is 40.5 Å². The average Bonchev–Trinajstić information content (AvgIpc) is 2.65. The van der Waals surface area contributed by atoms with Gasteiger partial charge in [-0.3, -0.25) is 0 Å². The number of hydrogen-bond donors (Lipinski definition) is 0. The second-order valence-electron chi connectivity index (χ2n) is 5.79. The van der Waals surface area contributed by atoms with Gasteiger partial charge in [-0.2, -0.15) is 0 Å². The van der Waals surface area contributed by atoms with Crippen molar-refractivity contribution < 1.29 is 0 Å². The molecular weight excluding hydrogens is 228 g/mol. The summed E-state index contributed by atoms with van der Waals surface area (Å²) >= 11 is 0. The van der Waals surface area contributed by atoms with Crippen molar-refractivity contribution in [2.24, 2.45) is 5.41 Å². The van der Waals surface area contributed by atoms with Gasteiger partial charge in [0.15, 0.2) is 0 Å². The minimum atomic E-state index is 0.663. The Morgan fingerprint density at radius 2 is 1.05 bits per heavy atom. The first-order valence-corrected chi connectivity index (χ1v) is 8.45. The van der Waals surface area contributed by atoms with Crippen molar-refractivity contribution in [1.82, 2.24) is 0 Å². The van der Waals surface area contributed by atoms with Crippen LogP contribution in [0.15, 0.2) is 0 Å². The van der Waals surface area contributed by atoms with Crippen molar-refractivity contribution in [2.75, 3.05) is 0 Å². The maximum atomic E-state index is 4.00. The van der Waals surface area contributed by atoms with E-state index in [1.54, 1.807) is 0 Å². The van der Waals surface area contributed by atoms with Gasteiger partial charge in [0.1, 0.15) is 0 Å². The Kier molecular flexibility index (Phi) is 24.7. The summed E-state index contributed by atoms with van der Waals surface area (Å²) in [5, 5.41) is 0. The first kappa shape index (κ1) is 23.6. The number of terminal acetylenes is 1. The summed E-state index contributed by atoms with van der Waals surface area (Å²) < 4.78 is 0. The molecule has 0 aromatic heterocycles. The highest BCUT2D eigenvalue weighted by Crippen LogP contribution is 2.33. The van der Waals surface area contributed by atoms with Crippen LogP contribution in [-0.2, 0) is 0 Å². The highest BCUT2D eigenvalue weighted by molar-refractivity contribution is 4.71. The Bertz CT molecular complexity index is 139. The van der Waals surface area contributed by atoms with Crippen LogP contribution in [0.3, 0.4) is 0 Å². The fourth-order valence-electron chi connectivity index (χ4n) is 2.19.